The lowest BCUT2D eigenvalue weighted by atomic mass is 9.99. The molecule has 0 aromatic heterocycles. The van der Waals surface area contributed by atoms with E-state index in [4.69, 9.17) is 5.26 Å². The molecule has 19 heavy (non-hydrogen) atoms. The number of aliphatic hydroxyl groups is 1. The van der Waals surface area contributed by atoms with Crippen molar-refractivity contribution in [3.05, 3.63) is 28.8 Å². The van der Waals surface area contributed by atoms with Gasteiger partial charge in [0.1, 0.15) is 0 Å². The molecule has 104 valence electrons. The predicted octanol–water partition coefficient (Wildman–Crippen LogP) is 3.07. The molecule has 0 fully saturated rings. The fourth-order valence-corrected chi connectivity index (χ4v) is 1.69. The molecule has 3 nitrogen and oxygen atoms in total. The molecule has 0 saturated heterocycles. The van der Waals surface area contributed by atoms with Crippen molar-refractivity contribution in [3.63, 3.8) is 0 Å². The Balaban J connectivity index is 3.29. The summed E-state index contributed by atoms with van der Waals surface area (Å²) in [5.41, 5.74) is -1.11. The first kappa shape index (κ1) is 15.3. The van der Waals surface area contributed by atoms with Crippen molar-refractivity contribution in [2.24, 2.45) is 0 Å². The molecule has 1 aromatic rings. The van der Waals surface area contributed by atoms with Crippen LogP contribution in [-0.4, -0.2) is 17.3 Å². The molecule has 6 heteroatoms. The predicted molar refractivity (Wildman–Crippen MR) is 65.7 cm³/mol. The molecule has 0 unspecified atom stereocenters. The van der Waals surface area contributed by atoms with E-state index in [0.717, 1.165) is 6.07 Å². The first-order valence-electron chi connectivity index (χ1n) is 5.74. The zero-order valence-electron chi connectivity index (χ0n) is 10.8. The number of hydrogen-bond donors (Lipinski definition) is 2. The normalized spacial score (nSPS) is 14.6. The summed E-state index contributed by atoms with van der Waals surface area (Å²) in [6.07, 6.45) is -5.29. The Morgan fingerprint density at radius 3 is 2.32 bits per heavy atom. The smallest absolute Gasteiger partial charge is 0.391 e. The lowest BCUT2D eigenvalue weighted by Gasteiger charge is -2.22. The number of nitrogens with zero attached hydrogens (tertiary/aromatic N) is 1. The molecule has 0 aliphatic carbocycles. The van der Waals surface area contributed by atoms with Crippen molar-refractivity contribution in [1.29, 1.82) is 5.26 Å². The molecule has 0 aliphatic rings. The van der Waals surface area contributed by atoms with Crippen LogP contribution in [0.5, 0.6) is 0 Å². The second kappa shape index (κ2) is 5.49. The number of benzene rings is 1. The summed E-state index contributed by atoms with van der Waals surface area (Å²) in [5, 5.41) is 20.9. The quantitative estimate of drug-likeness (QED) is 0.889. The summed E-state index contributed by atoms with van der Waals surface area (Å²) in [6.45, 7) is 4.51. The van der Waals surface area contributed by atoms with Gasteiger partial charge in [0.15, 0.2) is 0 Å². The van der Waals surface area contributed by atoms with E-state index in [0.29, 0.717) is 0 Å². The molecule has 2 N–H and O–H groups in total. The van der Waals surface area contributed by atoms with E-state index in [1.165, 1.54) is 13.0 Å². The zero-order valence-corrected chi connectivity index (χ0v) is 10.8. The van der Waals surface area contributed by atoms with Crippen LogP contribution in [-0.2, 0) is 6.18 Å². The number of halogens is 3. The summed E-state index contributed by atoms with van der Waals surface area (Å²) in [5.74, 6) is 0. The SMILES string of the molecule is Cc1c(N[C@@H](C)[C@H](C)O)ccc(C#N)c1C(F)(F)F. The Kier molecular flexibility index (Phi) is 4.43. The van der Waals surface area contributed by atoms with E-state index < -0.39 is 29.4 Å². The third kappa shape index (κ3) is 3.38. The fourth-order valence-electron chi connectivity index (χ4n) is 1.69. The third-order valence-corrected chi connectivity index (χ3v) is 2.98. The van der Waals surface area contributed by atoms with Crippen molar-refractivity contribution in [1.82, 2.24) is 0 Å². The van der Waals surface area contributed by atoms with E-state index in [1.54, 1.807) is 19.9 Å². The van der Waals surface area contributed by atoms with Crippen molar-refractivity contribution in [2.75, 3.05) is 5.32 Å². The number of nitrogens with one attached hydrogen (secondary N) is 1. The van der Waals surface area contributed by atoms with Crippen molar-refractivity contribution in [3.8, 4) is 6.07 Å². The Morgan fingerprint density at radius 2 is 1.89 bits per heavy atom. The van der Waals surface area contributed by atoms with E-state index in [9.17, 15) is 18.3 Å². The van der Waals surface area contributed by atoms with Crippen LogP contribution in [0.15, 0.2) is 12.1 Å². The van der Waals surface area contributed by atoms with Crippen molar-refractivity contribution >= 4 is 5.69 Å². The molecule has 1 aromatic carbocycles. The molecular weight excluding hydrogens is 257 g/mol. The van der Waals surface area contributed by atoms with Gasteiger partial charge in [-0.2, -0.15) is 18.4 Å². The number of hydrogen-bond acceptors (Lipinski definition) is 3. The highest BCUT2D eigenvalue weighted by Crippen LogP contribution is 2.37. The molecule has 0 bridgehead atoms. The largest absolute Gasteiger partial charge is 0.418 e. The number of rotatable bonds is 3. The Bertz CT molecular complexity index is 504. The molecule has 0 heterocycles. The lowest BCUT2D eigenvalue weighted by molar-refractivity contribution is -0.138. The van der Waals surface area contributed by atoms with Gasteiger partial charge in [-0.15, -0.1) is 0 Å². The van der Waals surface area contributed by atoms with E-state index in [2.05, 4.69) is 5.32 Å². The summed E-state index contributed by atoms with van der Waals surface area (Å²) < 4.78 is 38.8. The lowest BCUT2D eigenvalue weighted by Crippen LogP contribution is -2.28. The zero-order chi connectivity index (χ0) is 14.8. The minimum atomic E-state index is -4.58. The maximum Gasteiger partial charge on any atom is 0.418 e. The van der Waals surface area contributed by atoms with Gasteiger partial charge in [0.25, 0.3) is 0 Å². The average Bonchev–Trinajstić information content (AvgIpc) is 2.29. The minimum Gasteiger partial charge on any atom is -0.391 e. The van der Waals surface area contributed by atoms with Crippen LogP contribution in [0.1, 0.15) is 30.5 Å². The van der Waals surface area contributed by atoms with Gasteiger partial charge in [-0.3, -0.25) is 0 Å². The number of aliphatic hydroxyl groups excluding tert-OH is 1. The first-order valence-corrected chi connectivity index (χ1v) is 5.74. The maximum atomic E-state index is 12.9. The maximum absolute atomic E-state index is 12.9. The van der Waals surface area contributed by atoms with Gasteiger partial charge in [0.2, 0.25) is 0 Å². The monoisotopic (exact) mass is 272 g/mol. The van der Waals surface area contributed by atoms with Crippen LogP contribution in [0.2, 0.25) is 0 Å². The van der Waals surface area contributed by atoms with Gasteiger partial charge in [0, 0.05) is 11.7 Å². The van der Waals surface area contributed by atoms with Gasteiger partial charge >= 0.3 is 6.18 Å². The van der Waals surface area contributed by atoms with Crippen molar-refractivity contribution in [2.45, 2.75) is 39.1 Å². The van der Waals surface area contributed by atoms with E-state index in [-0.39, 0.29) is 11.3 Å². The molecule has 0 radical (unpaired) electrons. The van der Waals surface area contributed by atoms with Gasteiger partial charge in [-0.25, -0.2) is 0 Å². The van der Waals surface area contributed by atoms with Crippen LogP contribution in [0.3, 0.4) is 0 Å². The van der Waals surface area contributed by atoms with E-state index in [1.807, 2.05) is 0 Å². The highest BCUT2D eigenvalue weighted by molar-refractivity contribution is 5.60. The summed E-state index contributed by atoms with van der Waals surface area (Å²) in [4.78, 5) is 0. The van der Waals surface area contributed by atoms with Crippen LogP contribution >= 0.6 is 0 Å². The van der Waals surface area contributed by atoms with Gasteiger partial charge in [-0.1, -0.05) is 0 Å². The van der Waals surface area contributed by atoms with Crippen LogP contribution in [0.25, 0.3) is 0 Å². The molecule has 1 rings (SSSR count). The van der Waals surface area contributed by atoms with Crippen LogP contribution < -0.4 is 5.32 Å². The Hall–Kier alpha value is -1.74. The van der Waals surface area contributed by atoms with Gasteiger partial charge in [-0.05, 0) is 38.5 Å². The molecule has 0 aliphatic heterocycles. The standard InChI is InChI=1S/C13H15F3N2O/c1-7-11(18-8(2)9(3)19)5-4-10(6-17)12(7)13(14,15)16/h4-5,8-9,18-19H,1-3H3/t8-,9-/m0/s1. The highest BCUT2D eigenvalue weighted by atomic mass is 19.4. The van der Waals surface area contributed by atoms with E-state index >= 15 is 0 Å². The summed E-state index contributed by atoms with van der Waals surface area (Å²) >= 11 is 0. The molecule has 0 spiro atoms. The van der Waals surface area contributed by atoms with Crippen LogP contribution in [0, 0.1) is 18.3 Å². The van der Waals surface area contributed by atoms with Crippen molar-refractivity contribution < 1.29 is 18.3 Å². The fraction of sp³-hybridized carbons (Fsp3) is 0.462. The molecular formula is C13H15F3N2O. The second-order valence-corrected chi connectivity index (χ2v) is 4.44. The highest BCUT2D eigenvalue weighted by Gasteiger charge is 2.36. The first-order chi connectivity index (χ1) is 8.68. The summed E-state index contributed by atoms with van der Waals surface area (Å²) in [7, 11) is 0. The Labute approximate surface area is 109 Å². The second-order valence-electron chi connectivity index (χ2n) is 4.44. The number of anilines is 1. The topological polar surface area (TPSA) is 56.0 Å². The van der Waals surface area contributed by atoms with Gasteiger partial charge in [0.05, 0.1) is 23.3 Å². The molecule has 0 saturated carbocycles. The number of alkyl halides is 3. The molecule has 0 amide bonds. The molecule has 2 atom stereocenters. The van der Waals surface area contributed by atoms with Gasteiger partial charge < -0.3 is 10.4 Å². The van der Waals surface area contributed by atoms with Crippen LogP contribution in [0.4, 0.5) is 18.9 Å². The Morgan fingerprint density at radius 1 is 1.32 bits per heavy atom. The summed E-state index contributed by atoms with van der Waals surface area (Å²) in [6, 6.07) is 3.70. The third-order valence-electron chi connectivity index (χ3n) is 2.98. The average molecular weight is 272 g/mol. The minimum absolute atomic E-state index is 0.0425. The number of nitriles is 1.